The van der Waals surface area contributed by atoms with Crippen molar-refractivity contribution in [1.82, 2.24) is 14.8 Å². The van der Waals surface area contributed by atoms with Crippen molar-refractivity contribution in [3.05, 3.63) is 78.8 Å². The number of rotatable bonds is 4. The molecule has 5 rings (SSSR count). The van der Waals surface area contributed by atoms with E-state index in [-0.39, 0.29) is 0 Å². The van der Waals surface area contributed by atoms with Gasteiger partial charge in [-0.1, -0.05) is 30.3 Å². The lowest BCUT2D eigenvalue weighted by Crippen LogP contribution is -2.04. The van der Waals surface area contributed by atoms with E-state index in [1.165, 1.54) is 5.56 Å². The first kappa shape index (κ1) is 15.6. The van der Waals surface area contributed by atoms with E-state index in [0.29, 0.717) is 0 Å². The third-order valence-corrected chi connectivity index (χ3v) is 4.81. The molecule has 0 unspecified atom stereocenters. The van der Waals surface area contributed by atoms with Crippen molar-refractivity contribution in [2.24, 2.45) is 7.05 Å². The number of pyridine rings is 1. The highest BCUT2D eigenvalue weighted by Crippen LogP contribution is 2.32. The van der Waals surface area contributed by atoms with Crippen LogP contribution in [-0.2, 0) is 13.6 Å². The molecule has 3 heterocycles. The van der Waals surface area contributed by atoms with E-state index in [1.54, 1.807) is 6.20 Å². The Kier molecular flexibility index (Phi) is 3.64. The molecular weight excluding hydrogens is 336 g/mol. The van der Waals surface area contributed by atoms with Crippen LogP contribution in [-0.4, -0.2) is 14.8 Å². The molecule has 3 aromatic heterocycles. The van der Waals surface area contributed by atoms with Crippen LogP contribution in [0.4, 0.5) is 5.82 Å². The third-order valence-electron chi connectivity index (χ3n) is 4.81. The van der Waals surface area contributed by atoms with E-state index in [2.05, 4.69) is 45.7 Å². The smallest absolute Gasteiger partial charge is 0.137 e. The molecule has 132 valence electrons. The van der Waals surface area contributed by atoms with Crippen molar-refractivity contribution < 1.29 is 4.42 Å². The Balaban J connectivity index is 1.55. The maximum atomic E-state index is 6.07. The van der Waals surface area contributed by atoms with Gasteiger partial charge in [0.05, 0.1) is 6.20 Å². The lowest BCUT2D eigenvalue weighted by molar-refractivity contribution is 0.632. The summed E-state index contributed by atoms with van der Waals surface area (Å²) >= 11 is 0. The van der Waals surface area contributed by atoms with E-state index >= 15 is 0 Å². The number of hydrogen-bond donors (Lipinski definition) is 1. The van der Waals surface area contributed by atoms with Gasteiger partial charge in [-0.05, 0) is 29.1 Å². The van der Waals surface area contributed by atoms with Crippen LogP contribution in [0.25, 0.3) is 33.1 Å². The van der Waals surface area contributed by atoms with Gasteiger partial charge in [-0.15, -0.1) is 0 Å². The molecule has 0 radical (unpaired) electrons. The van der Waals surface area contributed by atoms with Crippen LogP contribution in [0.3, 0.4) is 0 Å². The zero-order valence-corrected chi connectivity index (χ0v) is 14.9. The highest BCUT2D eigenvalue weighted by Gasteiger charge is 2.11. The zero-order chi connectivity index (χ0) is 18.2. The van der Waals surface area contributed by atoms with Gasteiger partial charge in [0.25, 0.3) is 0 Å². The zero-order valence-electron chi connectivity index (χ0n) is 14.9. The molecule has 0 saturated heterocycles. The van der Waals surface area contributed by atoms with E-state index in [1.807, 2.05) is 48.4 Å². The summed E-state index contributed by atoms with van der Waals surface area (Å²) in [7, 11) is 1.92. The molecule has 0 spiro atoms. The van der Waals surface area contributed by atoms with Crippen molar-refractivity contribution in [1.29, 1.82) is 0 Å². The van der Waals surface area contributed by atoms with Crippen molar-refractivity contribution in [3.8, 4) is 11.3 Å². The van der Waals surface area contributed by atoms with E-state index in [0.717, 1.165) is 45.4 Å². The van der Waals surface area contributed by atoms with Gasteiger partial charge in [-0.25, -0.2) is 0 Å². The molecular formula is C22H18N4O. The number of fused-ring (bicyclic) bond motifs is 2. The molecule has 0 atom stereocenters. The first-order chi connectivity index (χ1) is 13.3. The van der Waals surface area contributed by atoms with Crippen LogP contribution < -0.4 is 5.32 Å². The number of para-hydroxylation sites is 1. The maximum Gasteiger partial charge on any atom is 0.137 e. The van der Waals surface area contributed by atoms with Gasteiger partial charge >= 0.3 is 0 Å². The monoisotopic (exact) mass is 354 g/mol. The fraction of sp³-hybridized carbons (Fsp3) is 0.0909. The SMILES string of the molecule is Cn1nccc1NCc1ccc2cncc(-c3cc4ccccc4o3)c2c1. The molecule has 27 heavy (non-hydrogen) atoms. The second-order valence-electron chi connectivity index (χ2n) is 6.58. The summed E-state index contributed by atoms with van der Waals surface area (Å²) in [6.07, 6.45) is 5.55. The van der Waals surface area contributed by atoms with Crippen LogP contribution in [0.1, 0.15) is 5.56 Å². The Bertz CT molecular complexity index is 1220. The second-order valence-corrected chi connectivity index (χ2v) is 6.58. The Hall–Kier alpha value is -3.60. The summed E-state index contributed by atoms with van der Waals surface area (Å²) in [6.45, 7) is 0.720. The summed E-state index contributed by atoms with van der Waals surface area (Å²) in [6, 6.07) is 18.5. The average Bonchev–Trinajstić information content (AvgIpc) is 3.31. The Labute approximate surface area is 156 Å². The normalized spacial score (nSPS) is 11.3. The van der Waals surface area contributed by atoms with Crippen molar-refractivity contribution in [2.75, 3.05) is 5.32 Å². The second kappa shape index (κ2) is 6.29. The van der Waals surface area contributed by atoms with Crippen LogP contribution in [0.5, 0.6) is 0 Å². The highest BCUT2D eigenvalue weighted by atomic mass is 16.3. The Morgan fingerprint density at radius 2 is 1.93 bits per heavy atom. The van der Waals surface area contributed by atoms with Crippen LogP contribution >= 0.6 is 0 Å². The molecule has 1 N–H and O–H groups in total. The van der Waals surface area contributed by atoms with Gasteiger partial charge < -0.3 is 9.73 Å². The average molecular weight is 354 g/mol. The summed E-state index contributed by atoms with van der Waals surface area (Å²) in [4.78, 5) is 4.40. The van der Waals surface area contributed by atoms with Crippen molar-refractivity contribution >= 4 is 27.6 Å². The van der Waals surface area contributed by atoms with Gasteiger partial charge in [0.1, 0.15) is 17.2 Å². The van der Waals surface area contributed by atoms with Crippen molar-refractivity contribution in [3.63, 3.8) is 0 Å². The first-order valence-corrected chi connectivity index (χ1v) is 8.85. The molecule has 0 amide bonds. The number of aryl methyl sites for hydroxylation is 1. The minimum atomic E-state index is 0.720. The molecule has 5 nitrogen and oxygen atoms in total. The number of nitrogens with zero attached hydrogens (tertiary/aromatic N) is 3. The lowest BCUT2D eigenvalue weighted by Gasteiger charge is -2.09. The number of nitrogens with one attached hydrogen (secondary N) is 1. The quantitative estimate of drug-likeness (QED) is 0.494. The predicted molar refractivity (Wildman–Crippen MR) is 107 cm³/mol. The number of aromatic nitrogens is 3. The number of anilines is 1. The van der Waals surface area contributed by atoms with Gasteiger partial charge in [-0.2, -0.15) is 5.10 Å². The molecule has 5 aromatic rings. The van der Waals surface area contributed by atoms with Crippen LogP contribution in [0, 0.1) is 0 Å². The molecule has 5 heteroatoms. The summed E-state index contributed by atoms with van der Waals surface area (Å²) in [5, 5.41) is 10.9. The first-order valence-electron chi connectivity index (χ1n) is 8.85. The summed E-state index contributed by atoms with van der Waals surface area (Å²) < 4.78 is 7.89. The molecule has 0 fully saturated rings. The van der Waals surface area contributed by atoms with E-state index in [9.17, 15) is 0 Å². The lowest BCUT2D eigenvalue weighted by atomic mass is 10.0. The van der Waals surface area contributed by atoms with Crippen molar-refractivity contribution in [2.45, 2.75) is 6.54 Å². The molecule has 0 aliphatic rings. The number of furan rings is 1. The van der Waals surface area contributed by atoms with E-state index in [4.69, 9.17) is 4.42 Å². The van der Waals surface area contributed by atoms with Gasteiger partial charge in [0.2, 0.25) is 0 Å². The minimum Gasteiger partial charge on any atom is -0.456 e. The predicted octanol–water partition coefficient (Wildman–Crippen LogP) is 4.99. The van der Waals surface area contributed by atoms with Gasteiger partial charge in [0.15, 0.2) is 0 Å². The molecule has 0 aliphatic heterocycles. The van der Waals surface area contributed by atoms with E-state index < -0.39 is 0 Å². The fourth-order valence-corrected chi connectivity index (χ4v) is 3.37. The Morgan fingerprint density at radius 1 is 1.00 bits per heavy atom. The largest absolute Gasteiger partial charge is 0.456 e. The molecule has 0 aliphatic carbocycles. The minimum absolute atomic E-state index is 0.720. The number of hydrogen-bond acceptors (Lipinski definition) is 4. The highest BCUT2D eigenvalue weighted by molar-refractivity contribution is 5.97. The fourth-order valence-electron chi connectivity index (χ4n) is 3.37. The van der Waals surface area contributed by atoms with Gasteiger partial charge in [0, 0.05) is 48.4 Å². The van der Waals surface area contributed by atoms with Crippen LogP contribution in [0.15, 0.2) is 77.6 Å². The Morgan fingerprint density at radius 3 is 2.78 bits per heavy atom. The number of benzene rings is 2. The summed E-state index contributed by atoms with van der Waals surface area (Å²) in [5.41, 5.74) is 3.08. The molecule has 2 aromatic carbocycles. The van der Waals surface area contributed by atoms with Gasteiger partial charge in [-0.3, -0.25) is 9.67 Å². The standard InChI is InChI=1S/C22H18N4O/c1-26-22(8-9-25-26)24-12-15-6-7-17-13-23-14-19(18(17)10-15)21-11-16-4-2-3-5-20(16)27-21/h2-11,13-14,24H,12H2,1H3. The molecule has 0 saturated carbocycles. The maximum absolute atomic E-state index is 6.07. The topological polar surface area (TPSA) is 55.9 Å². The third kappa shape index (κ3) is 2.83. The van der Waals surface area contributed by atoms with Crippen LogP contribution in [0.2, 0.25) is 0 Å². The summed E-state index contributed by atoms with van der Waals surface area (Å²) in [5.74, 6) is 1.83. The molecule has 0 bridgehead atoms.